The average Bonchev–Trinajstić information content (AvgIpc) is 2.86. The first-order valence-electron chi connectivity index (χ1n) is 5.70. The van der Waals surface area contributed by atoms with Crippen molar-refractivity contribution in [3.05, 3.63) is 54.0 Å². The van der Waals surface area contributed by atoms with E-state index in [0.717, 1.165) is 22.0 Å². The lowest BCUT2D eigenvalue weighted by Crippen LogP contribution is -1.99. The molecule has 3 rings (SSSR count). The van der Waals surface area contributed by atoms with Crippen LogP contribution >= 0.6 is 0 Å². The summed E-state index contributed by atoms with van der Waals surface area (Å²) in [5.74, 6) is -0.260. The van der Waals surface area contributed by atoms with Crippen LogP contribution in [0.15, 0.2) is 42.6 Å². The zero-order valence-corrected chi connectivity index (χ0v) is 9.65. The predicted octanol–water partition coefficient (Wildman–Crippen LogP) is 2.83. The van der Waals surface area contributed by atoms with Crippen LogP contribution in [0.3, 0.4) is 0 Å². The normalized spacial score (nSPS) is 11.0. The van der Waals surface area contributed by atoms with Crippen LogP contribution in [0.25, 0.3) is 22.0 Å². The van der Waals surface area contributed by atoms with Gasteiger partial charge in [0.2, 0.25) is 0 Å². The van der Waals surface area contributed by atoms with Crippen molar-refractivity contribution < 1.29 is 4.39 Å². The summed E-state index contributed by atoms with van der Waals surface area (Å²) >= 11 is 0. The van der Waals surface area contributed by atoms with Crippen LogP contribution in [-0.2, 0) is 6.54 Å². The molecular formula is C14H12FN3. The Labute approximate surface area is 103 Å². The van der Waals surface area contributed by atoms with Crippen LogP contribution in [0.4, 0.5) is 4.39 Å². The third-order valence-electron chi connectivity index (χ3n) is 3.04. The second-order valence-corrected chi connectivity index (χ2v) is 4.18. The molecule has 0 unspecified atom stereocenters. The van der Waals surface area contributed by atoms with Gasteiger partial charge in [-0.3, -0.25) is 5.10 Å². The minimum atomic E-state index is -0.260. The van der Waals surface area contributed by atoms with Crippen molar-refractivity contribution in [1.29, 1.82) is 0 Å². The van der Waals surface area contributed by atoms with Crippen molar-refractivity contribution in [1.82, 2.24) is 10.2 Å². The van der Waals surface area contributed by atoms with E-state index in [1.54, 1.807) is 18.3 Å². The second kappa shape index (κ2) is 4.23. The highest BCUT2D eigenvalue weighted by Gasteiger charge is 2.05. The number of hydrogen-bond acceptors (Lipinski definition) is 2. The van der Waals surface area contributed by atoms with E-state index in [2.05, 4.69) is 10.2 Å². The lowest BCUT2D eigenvalue weighted by Gasteiger charge is -2.05. The van der Waals surface area contributed by atoms with E-state index in [9.17, 15) is 4.39 Å². The van der Waals surface area contributed by atoms with Crippen molar-refractivity contribution >= 4 is 10.9 Å². The van der Waals surface area contributed by atoms with Gasteiger partial charge in [-0.25, -0.2) is 4.39 Å². The van der Waals surface area contributed by atoms with Crippen molar-refractivity contribution in [2.75, 3.05) is 0 Å². The van der Waals surface area contributed by atoms with Crippen molar-refractivity contribution in [3.63, 3.8) is 0 Å². The van der Waals surface area contributed by atoms with Crippen molar-refractivity contribution in [2.24, 2.45) is 5.73 Å². The Hall–Kier alpha value is -2.20. The Balaban J connectivity index is 2.13. The molecule has 1 aromatic heterocycles. The fourth-order valence-electron chi connectivity index (χ4n) is 2.03. The molecular weight excluding hydrogens is 229 g/mol. The highest BCUT2D eigenvalue weighted by Crippen LogP contribution is 2.25. The second-order valence-electron chi connectivity index (χ2n) is 4.18. The van der Waals surface area contributed by atoms with Gasteiger partial charge in [-0.2, -0.15) is 5.10 Å². The van der Waals surface area contributed by atoms with E-state index in [1.807, 2.05) is 18.2 Å². The first-order chi connectivity index (χ1) is 8.78. The van der Waals surface area contributed by atoms with E-state index in [-0.39, 0.29) is 12.4 Å². The lowest BCUT2D eigenvalue weighted by molar-refractivity contribution is 0.611. The first kappa shape index (κ1) is 10.9. The zero-order valence-electron chi connectivity index (χ0n) is 9.65. The SMILES string of the molecule is NCc1cc(-c2ccc3cn[nH]c3c2)ccc1F. The summed E-state index contributed by atoms with van der Waals surface area (Å²) in [7, 11) is 0. The van der Waals surface area contributed by atoms with E-state index in [4.69, 9.17) is 5.73 Å². The molecule has 0 atom stereocenters. The van der Waals surface area contributed by atoms with Crippen LogP contribution in [0.2, 0.25) is 0 Å². The third kappa shape index (κ3) is 1.76. The van der Waals surface area contributed by atoms with Gasteiger partial charge in [0.1, 0.15) is 5.82 Å². The number of benzene rings is 2. The molecule has 0 saturated heterocycles. The standard InChI is InChI=1S/C14H12FN3/c15-13-4-3-9(5-12(13)7-16)10-1-2-11-8-17-18-14(11)6-10/h1-6,8H,7,16H2,(H,17,18). The van der Waals surface area contributed by atoms with Gasteiger partial charge in [-0.05, 0) is 29.3 Å². The van der Waals surface area contributed by atoms with E-state index in [1.165, 1.54) is 6.07 Å². The number of rotatable bonds is 2. The fraction of sp³-hybridized carbons (Fsp3) is 0.0714. The van der Waals surface area contributed by atoms with Gasteiger partial charge < -0.3 is 5.73 Å². The number of halogens is 1. The minimum absolute atomic E-state index is 0.200. The summed E-state index contributed by atoms with van der Waals surface area (Å²) in [6.45, 7) is 0.200. The Morgan fingerprint density at radius 3 is 2.72 bits per heavy atom. The van der Waals surface area contributed by atoms with Gasteiger partial charge in [0.25, 0.3) is 0 Å². The molecule has 3 aromatic rings. The molecule has 0 bridgehead atoms. The molecule has 4 heteroatoms. The third-order valence-corrected chi connectivity index (χ3v) is 3.04. The lowest BCUT2D eigenvalue weighted by atomic mass is 10.0. The highest BCUT2D eigenvalue weighted by atomic mass is 19.1. The number of nitrogens with two attached hydrogens (primary N) is 1. The maximum Gasteiger partial charge on any atom is 0.127 e. The molecule has 2 aromatic carbocycles. The Bertz CT molecular complexity index is 703. The zero-order chi connectivity index (χ0) is 12.5. The predicted molar refractivity (Wildman–Crippen MR) is 69.4 cm³/mol. The van der Waals surface area contributed by atoms with E-state index >= 15 is 0 Å². The highest BCUT2D eigenvalue weighted by molar-refractivity contribution is 5.83. The Kier molecular flexibility index (Phi) is 2.57. The van der Waals surface area contributed by atoms with Gasteiger partial charge in [-0.1, -0.05) is 18.2 Å². The molecule has 1 heterocycles. The van der Waals surface area contributed by atoms with Crippen LogP contribution in [0.5, 0.6) is 0 Å². The summed E-state index contributed by atoms with van der Waals surface area (Å²) in [4.78, 5) is 0. The summed E-state index contributed by atoms with van der Waals surface area (Å²) in [5.41, 5.74) is 8.97. The Morgan fingerprint density at radius 1 is 1.11 bits per heavy atom. The number of nitrogens with zero attached hydrogens (tertiary/aromatic N) is 1. The number of hydrogen-bond donors (Lipinski definition) is 2. The van der Waals surface area contributed by atoms with Crippen molar-refractivity contribution in [2.45, 2.75) is 6.54 Å². The summed E-state index contributed by atoms with van der Waals surface area (Å²) in [6.07, 6.45) is 1.77. The average molecular weight is 241 g/mol. The summed E-state index contributed by atoms with van der Waals surface area (Å²) < 4.78 is 13.4. The number of H-pyrrole nitrogens is 1. The van der Waals surface area contributed by atoms with Gasteiger partial charge in [0, 0.05) is 17.5 Å². The minimum Gasteiger partial charge on any atom is -0.326 e. The molecule has 0 radical (unpaired) electrons. The number of aromatic nitrogens is 2. The van der Waals surface area contributed by atoms with Gasteiger partial charge >= 0.3 is 0 Å². The number of nitrogens with one attached hydrogen (secondary N) is 1. The maximum absolute atomic E-state index is 13.4. The number of fused-ring (bicyclic) bond motifs is 1. The quantitative estimate of drug-likeness (QED) is 0.724. The molecule has 90 valence electrons. The molecule has 0 aliphatic heterocycles. The van der Waals surface area contributed by atoms with Gasteiger partial charge in [0.05, 0.1) is 11.7 Å². The smallest absolute Gasteiger partial charge is 0.127 e. The molecule has 0 aliphatic carbocycles. The van der Waals surface area contributed by atoms with Gasteiger partial charge in [0.15, 0.2) is 0 Å². The van der Waals surface area contributed by atoms with E-state index in [0.29, 0.717) is 5.56 Å². The van der Waals surface area contributed by atoms with Gasteiger partial charge in [-0.15, -0.1) is 0 Å². The monoisotopic (exact) mass is 241 g/mol. The summed E-state index contributed by atoms with van der Waals surface area (Å²) in [5, 5.41) is 7.96. The largest absolute Gasteiger partial charge is 0.326 e. The van der Waals surface area contributed by atoms with E-state index < -0.39 is 0 Å². The molecule has 18 heavy (non-hydrogen) atoms. The first-order valence-corrected chi connectivity index (χ1v) is 5.70. The molecule has 3 nitrogen and oxygen atoms in total. The maximum atomic E-state index is 13.4. The molecule has 0 aliphatic rings. The molecule has 3 N–H and O–H groups in total. The molecule has 0 fully saturated rings. The fourth-order valence-corrected chi connectivity index (χ4v) is 2.03. The molecule has 0 amide bonds. The van der Waals surface area contributed by atoms with Crippen LogP contribution in [-0.4, -0.2) is 10.2 Å². The number of aromatic amines is 1. The topological polar surface area (TPSA) is 54.7 Å². The Morgan fingerprint density at radius 2 is 1.89 bits per heavy atom. The molecule has 0 saturated carbocycles. The van der Waals surface area contributed by atoms with Crippen molar-refractivity contribution in [3.8, 4) is 11.1 Å². The van der Waals surface area contributed by atoms with Crippen LogP contribution < -0.4 is 5.73 Å². The van der Waals surface area contributed by atoms with Crippen LogP contribution in [0, 0.1) is 5.82 Å². The molecule has 0 spiro atoms. The van der Waals surface area contributed by atoms with Crippen LogP contribution in [0.1, 0.15) is 5.56 Å². The summed E-state index contributed by atoms with van der Waals surface area (Å²) in [6, 6.07) is 11.0.